The lowest BCUT2D eigenvalue weighted by Crippen LogP contribution is -2.17. The molecular formula is C18H16O5. The zero-order chi connectivity index (χ0) is 16.2. The summed E-state index contributed by atoms with van der Waals surface area (Å²) in [7, 11) is 0. The van der Waals surface area contributed by atoms with Gasteiger partial charge in [-0.3, -0.25) is 9.59 Å². The highest BCUT2D eigenvalue weighted by Crippen LogP contribution is 2.36. The predicted octanol–water partition coefficient (Wildman–Crippen LogP) is 2.95. The Balaban J connectivity index is 1.74. The van der Waals surface area contributed by atoms with Crippen molar-refractivity contribution in [3.05, 3.63) is 65.7 Å². The van der Waals surface area contributed by atoms with Gasteiger partial charge in [-0.25, -0.2) is 0 Å². The summed E-state index contributed by atoms with van der Waals surface area (Å²) in [5.74, 6) is -1.76. The molecule has 0 radical (unpaired) electrons. The largest absolute Gasteiger partial charge is 0.489 e. The molecule has 0 amide bonds. The third-order valence-electron chi connectivity index (χ3n) is 3.76. The van der Waals surface area contributed by atoms with Crippen LogP contribution < -0.4 is 4.74 Å². The van der Waals surface area contributed by atoms with Crippen molar-refractivity contribution >= 4 is 11.9 Å². The number of carbonyl (C=O) groups is 2. The number of rotatable bonds is 5. The quantitative estimate of drug-likeness (QED) is 0.859. The number of ether oxygens (including phenoxy) is 2. The van der Waals surface area contributed by atoms with Crippen LogP contribution in [-0.4, -0.2) is 17.0 Å². The zero-order valence-corrected chi connectivity index (χ0v) is 12.3. The summed E-state index contributed by atoms with van der Waals surface area (Å²) in [6, 6.07) is 16.8. The summed E-state index contributed by atoms with van der Waals surface area (Å²) in [5, 5.41) is 9.22. The van der Waals surface area contributed by atoms with Crippen LogP contribution in [0.2, 0.25) is 0 Å². The van der Waals surface area contributed by atoms with Crippen molar-refractivity contribution in [2.24, 2.45) is 5.92 Å². The molecular weight excluding hydrogens is 296 g/mol. The summed E-state index contributed by atoms with van der Waals surface area (Å²) >= 11 is 0. The van der Waals surface area contributed by atoms with E-state index in [4.69, 9.17) is 9.47 Å². The van der Waals surface area contributed by atoms with Crippen molar-refractivity contribution in [2.75, 3.05) is 0 Å². The first-order valence-electron chi connectivity index (χ1n) is 7.32. The molecule has 1 N–H and O–H groups in total. The highest BCUT2D eigenvalue weighted by molar-refractivity contribution is 5.82. The highest BCUT2D eigenvalue weighted by atomic mass is 16.6. The van der Waals surface area contributed by atoms with E-state index in [-0.39, 0.29) is 6.42 Å². The van der Waals surface area contributed by atoms with Crippen LogP contribution in [0.25, 0.3) is 0 Å². The summed E-state index contributed by atoms with van der Waals surface area (Å²) in [5.41, 5.74) is 1.67. The standard InChI is InChI=1S/C18H16O5/c19-16-10-15(18(20)21)17(23-16)13-7-4-8-14(9-13)22-11-12-5-2-1-3-6-12/h1-9,15,17H,10-11H2,(H,20,21)/t15-,17+/m1/s1. The molecule has 2 atom stereocenters. The van der Waals surface area contributed by atoms with Gasteiger partial charge in [-0.1, -0.05) is 42.5 Å². The Morgan fingerprint density at radius 3 is 2.70 bits per heavy atom. The molecule has 1 heterocycles. The number of carbonyl (C=O) groups excluding carboxylic acids is 1. The minimum atomic E-state index is -1.03. The van der Waals surface area contributed by atoms with Gasteiger partial charge in [0.25, 0.3) is 0 Å². The van der Waals surface area contributed by atoms with Crippen LogP contribution in [0, 0.1) is 5.92 Å². The van der Waals surface area contributed by atoms with E-state index >= 15 is 0 Å². The van der Waals surface area contributed by atoms with Gasteiger partial charge >= 0.3 is 11.9 Å². The van der Waals surface area contributed by atoms with Crippen molar-refractivity contribution in [1.82, 2.24) is 0 Å². The van der Waals surface area contributed by atoms with E-state index in [0.717, 1.165) is 5.56 Å². The minimum absolute atomic E-state index is 0.102. The number of esters is 1. The lowest BCUT2D eigenvalue weighted by atomic mass is 9.95. The van der Waals surface area contributed by atoms with E-state index in [1.807, 2.05) is 30.3 Å². The van der Waals surface area contributed by atoms with Gasteiger partial charge in [-0.2, -0.15) is 0 Å². The molecule has 1 saturated heterocycles. The van der Waals surface area contributed by atoms with Crippen LogP contribution in [0.15, 0.2) is 54.6 Å². The van der Waals surface area contributed by atoms with Crippen LogP contribution in [-0.2, 0) is 20.9 Å². The smallest absolute Gasteiger partial charge is 0.311 e. The zero-order valence-electron chi connectivity index (χ0n) is 12.3. The van der Waals surface area contributed by atoms with Crippen LogP contribution >= 0.6 is 0 Å². The Morgan fingerprint density at radius 1 is 1.17 bits per heavy atom. The number of hydrogen-bond donors (Lipinski definition) is 1. The van der Waals surface area contributed by atoms with E-state index in [1.54, 1.807) is 24.3 Å². The fraction of sp³-hybridized carbons (Fsp3) is 0.222. The summed E-state index contributed by atoms with van der Waals surface area (Å²) in [6.45, 7) is 0.414. The van der Waals surface area contributed by atoms with Gasteiger partial charge in [0, 0.05) is 0 Å². The van der Waals surface area contributed by atoms with Gasteiger partial charge in [0.05, 0.1) is 6.42 Å². The summed E-state index contributed by atoms with van der Waals surface area (Å²) in [6.07, 6.45) is -0.866. The Bertz CT molecular complexity index is 710. The van der Waals surface area contributed by atoms with Crippen molar-refractivity contribution in [2.45, 2.75) is 19.1 Å². The molecule has 0 aromatic heterocycles. The fourth-order valence-corrected chi connectivity index (χ4v) is 2.60. The van der Waals surface area contributed by atoms with Gasteiger partial charge in [0.1, 0.15) is 24.4 Å². The number of carboxylic acids is 1. The molecule has 1 aliphatic rings. The van der Waals surface area contributed by atoms with Gasteiger partial charge in [0.2, 0.25) is 0 Å². The molecule has 1 fully saturated rings. The maximum atomic E-state index is 11.4. The average molecular weight is 312 g/mol. The van der Waals surface area contributed by atoms with Crippen LogP contribution in [0.3, 0.4) is 0 Å². The topological polar surface area (TPSA) is 72.8 Å². The molecule has 2 aromatic rings. The first kappa shape index (κ1) is 15.1. The lowest BCUT2D eigenvalue weighted by molar-refractivity contribution is -0.144. The number of hydrogen-bond acceptors (Lipinski definition) is 4. The normalized spacial score (nSPS) is 20.1. The molecule has 3 rings (SSSR count). The second-order valence-electron chi connectivity index (χ2n) is 5.41. The third kappa shape index (κ3) is 3.51. The molecule has 0 saturated carbocycles. The van der Waals surface area contributed by atoms with E-state index in [0.29, 0.717) is 17.9 Å². The van der Waals surface area contributed by atoms with Crippen molar-refractivity contribution < 1.29 is 24.2 Å². The van der Waals surface area contributed by atoms with Gasteiger partial charge in [0.15, 0.2) is 0 Å². The van der Waals surface area contributed by atoms with E-state index in [1.165, 1.54) is 0 Å². The molecule has 0 unspecified atom stereocenters. The van der Waals surface area contributed by atoms with Crippen molar-refractivity contribution in [3.63, 3.8) is 0 Å². The van der Waals surface area contributed by atoms with Crippen LogP contribution in [0.5, 0.6) is 5.75 Å². The van der Waals surface area contributed by atoms with Crippen molar-refractivity contribution in [3.8, 4) is 5.75 Å². The monoisotopic (exact) mass is 312 g/mol. The molecule has 5 heteroatoms. The fourth-order valence-electron chi connectivity index (χ4n) is 2.60. The summed E-state index contributed by atoms with van der Waals surface area (Å²) in [4.78, 5) is 22.7. The van der Waals surface area contributed by atoms with Crippen LogP contribution in [0.1, 0.15) is 23.7 Å². The molecule has 0 bridgehead atoms. The molecule has 2 aromatic carbocycles. The Morgan fingerprint density at radius 2 is 1.96 bits per heavy atom. The number of carboxylic acid groups (broad SMARTS) is 1. The maximum Gasteiger partial charge on any atom is 0.311 e. The first-order chi connectivity index (χ1) is 11.1. The Labute approximate surface area is 133 Å². The molecule has 0 aliphatic carbocycles. The predicted molar refractivity (Wildman–Crippen MR) is 81.8 cm³/mol. The Kier molecular flexibility index (Phi) is 4.28. The second kappa shape index (κ2) is 6.52. The molecule has 23 heavy (non-hydrogen) atoms. The molecule has 5 nitrogen and oxygen atoms in total. The molecule has 1 aliphatic heterocycles. The average Bonchev–Trinajstić information content (AvgIpc) is 2.96. The second-order valence-corrected chi connectivity index (χ2v) is 5.41. The maximum absolute atomic E-state index is 11.4. The third-order valence-corrected chi connectivity index (χ3v) is 3.76. The van der Waals surface area contributed by atoms with Gasteiger partial charge in [-0.05, 0) is 23.3 Å². The van der Waals surface area contributed by atoms with E-state index in [9.17, 15) is 14.7 Å². The number of aliphatic carboxylic acids is 1. The molecule has 0 spiro atoms. The first-order valence-corrected chi connectivity index (χ1v) is 7.32. The minimum Gasteiger partial charge on any atom is -0.489 e. The van der Waals surface area contributed by atoms with E-state index in [2.05, 4.69) is 0 Å². The van der Waals surface area contributed by atoms with Crippen LogP contribution in [0.4, 0.5) is 0 Å². The Hall–Kier alpha value is -2.82. The summed E-state index contributed by atoms with van der Waals surface area (Å²) < 4.78 is 10.9. The lowest BCUT2D eigenvalue weighted by Gasteiger charge is -2.15. The molecule has 118 valence electrons. The van der Waals surface area contributed by atoms with Gasteiger partial charge in [-0.15, -0.1) is 0 Å². The van der Waals surface area contributed by atoms with E-state index < -0.39 is 24.0 Å². The SMILES string of the molecule is O=C1C[C@@H](C(=O)O)[C@H](c2cccc(OCc3ccccc3)c2)O1. The van der Waals surface area contributed by atoms with Crippen molar-refractivity contribution in [1.29, 1.82) is 0 Å². The highest BCUT2D eigenvalue weighted by Gasteiger charge is 2.40. The number of cyclic esters (lactones) is 1. The van der Waals surface area contributed by atoms with Gasteiger partial charge < -0.3 is 14.6 Å². The number of benzene rings is 2.